The number of quaternary nitrogens is 2. The highest BCUT2D eigenvalue weighted by atomic mass is 32.1. The van der Waals surface area contributed by atoms with Gasteiger partial charge in [0.2, 0.25) is 0 Å². The standard InChI is InChI=1S/C20H32N4OS/c26-20(21-8-3-11-23-12-14-25-15-13-23)22-16-18-4-6-19(7-5-18)17-24-9-1-2-10-24/h4-7H,1-3,8-17H2,(H2,21,22,26)/p+2. The Bertz CT molecular complexity index is 539. The molecule has 0 aromatic heterocycles. The van der Waals surface area contributed by atoms with Crippen molar-refractivity contribution >= 4 is 17.3 Å². The molecule has 0 radical (unpaired) electrons. The van der Waals surface area contributed by atoms with Gasteiger partial charge in [0.1, 0.15) is 19.6 Å². The Balaban J connectivity index is 1.27. The number of benzene rings is 1. The van der Waals surface area contributed by atoms with E-state index in [1.165, 1.54) is 50.1 Å². The maximum absolute atomic E-state index is 5.39. The molecule has 0 atom stereocenters. The first-order chi connectivity index (χ1) is 12.8. The Morgan fingerprint density at radius 1 is 0.923 bits per heavy atom. The number of rotatable bonds is 8. The van der Waals surface area contributed by atoms with E-state index in [1.54, 1.807) is 9.80 Å². The van der Waals surface area contributed by atoms with Crippen LogP contribution in [0.1, 0.15) is 30.4 Å². The minimum Gasteiger partial charge on any atom is -0.370 e. The van der Waals surface area contributed by atoms with Gasteiger partial charge in [0.05, 0.1) is 32.8 Å². The van der Waals surface area contributed by atoms with Gasteiger partial charge in [0, 0.05) is 37.9 Å². The summed E-state index contributed by atoms with van der Waals surface area (Å²) in [6.07, 6.45) is 3.91. The molecule has 6 heteroatoms. The van der Waals surface area contributed by atoms with E-state index in [0.29, 0.717) is 0 Å². The lowest BCUT2D eigenvalue weighted by Crippen LogP contribution is -3.14. The summed E-state index contributed by atoms with van der Waals surface area (Å²) in [7, 11) is 0. The molecule has 0 saturated carbocycles. The smallest absolute Gasteiger partial charge is 0.166 e. The minimum atomic E-state index is 0.757. The van der Waals surface area contributed by atoms with Crippen LogP contribution in [0.15, 0.2) is 24.3 Å². The molecule has 2 fully saturated rings. The van der Waals surface area contributed by atoms with Crippen molar-refractivity contribution in [3.63, 3.8) is 0 Å². The summed E-state index contributed by atoms with van der Waals surface area (Å²) in [5.74, 6) is 0. The van der Waals surface area contributed by atoms with Crippen molar-refractivity contribution in [3.8, 4) is 0 Å². The lowest BCUT2D eigenvalue weighted by Gasteiger charge is -2.23. The zero-order chi connectivity index (χ0) is 18.0. The van der Waals surface area contributed by atoms with Crippen LogP contribution in [0.25, 0.3) is 0 Å². The predicted octanol–water partition coefficient (Wildman–Crippen LogP) is -0.865. The second-order valence-electron chi connectivity index (χ2n) is 7.53. The van der Waals surface area contributed by atoms with E-state index >= 15 is 0 Å². The fourth-order valence-corrected chi connectivity index (χ4v) is 3.98. The molecule has 0 spiro atoms. The van der Waals surface area contributed by atoms with Gasteiger partial charge in [0.15, 0.2) is 5.11 Å². The van der Waals surface area contributed by atoms with Crippen LogP contribution in [0.4, 0.5) is 0 Å². The molecule has 2 saturated heterocycles. The Hall–Kier alpha value is -1.21. The number of likely N-dealkylation sites (tertiary alicyclic amines) is 1. The molecule has 0 unspecified atom stereocenters. The van der Waals surface area contributed by atoms with Crippen LogP contribution in [-0.2, 0) is 17.8 Å². The first-order valence-electron chi connectivity index (χ1n) is 10.1. The van der Waals surface area contributed by atoms with Crippen LogP contribution in [0.5, 0.6) is 0 Å². The second-order valence-corrected chi connectivity index (χ2v) is 7.93. The van der Waals surface area contributed by atoms with Crippen molar-refractivity contribution in [3.05, 3.63) is 35.4 Å². The van der Waals surface area contributed by atoms with Crippen molar-refractivity contribution in [1.29, 1.82) is 0 Å². The average molecular weight is 379 g/mol. The van der Waals surface area contributed by atoms with Gasteiger partial charge in [-0.1, -0.05) is 24.3 Å². The first-order valence-corrected chi connectivity index (χ1v) is 10.5. The van der Waals surface area contributed by atoms with Gasteiger partial charge in [-0.15, -0.1) is 0 Å². The molecule has 4 N–H and O–H groups in total. The van der Waals surface area contributed by atoms with Crippen LogP contribution in [0, 0.1) is 0 Å². The maximum atomic E-state index is 5.39. The van der Waals surface area contributed by atoms with Crippen molar-refractivity contribution in [2.24, 2.45) is 0 Å². The predicted molar refractivity (Wildman–Crippen MR) is 109 cm³/mol. The molecule has 5 nitrogen and oxygen atoms in total. The van der Waals surface area contributed by atoms with Crippen LogP contribution in [0.2, 0.25) is 0 Å². The number of thiocarbonyl (C=S) groups is 1. The number of nitrogens with one attached hydrogen (secondary N) is 4. The van der Waals surface area contributed by atoms with Crippen LogP contribution < -0.4 is 20.4 Å². The molecule has 0 aliphatic carbocycles. The molecule has 0 amide bonds. The number of ether oxygens (including phenoxy) is 1. The quantitative estimate of drug-likeness (QED) is 0.351. The zero-order valence-electron chi connectivity index (χ0n) is 15.8. The van der Waals surface area contributed by atoms with Crippen molar-refractivity contribution in [1.82, 2.24) is 10.6 Å². The number of hydrogen-bond acceptors (Lipinski definition) is 2. The van der Waals surface area contributed by atoms with Gasteiger partial charge in [-0.25, -0.2) is 0 Å². The Kier molecular flexibility index (Phi) is 8.14. The van der Waals surface area contributed by atoms with Gasteiger partial charge in [-0.3, -0.25) is 0 Å². The highest BCUT2D eigenvalue weighted by Crippen LogP contribution is 2.04. The molecule has 1 aromatic carbocycles. The average Bonchev–Trinajstić information content (AvgIpc) is 3.19. The van der Waals surface area contributed by atoms with Gasteiger partial charge in [0.25, 0.3) is 0 Å². The maximum Gasteiger partial charge on any atom is 0.166 e. The highest BCUT2D eigenvalue weighted by Gasteiger charge is 2.15. The summed E-state index contributed by atoms with van der Waals surface area (Å²) in [6.45, 7) is 10.8. The Morgan fingerprint density at radius 3 is 2.35 bits per heavy atom. The summed E-state index contributed by atoms with van der Waals surface area (Å²) in [4.78, 5) is 3.37. The molecule has 26 heavy (non-hydrogen) atoms. The van der Waals surface area contributed by atoms with E-state index in [1.807, 2.05) is 0 Å². The lowest BCUT2D eigenvalue weighted by molar-refractivity contribution is -0.908. The van der Waals surface area contributed by atoms with Crippen molar-refractivity contribution in [2.45, 2.75) is 32.4 Å². The third kappa shape index (κ3) is 6.83. The first kappa shape index (κ1) is 19.5. The summed E-state index contributed by atoms with van der Waals surface area (Å²) < 4.78 is 5.39. The van der Waals surface area contributed by atoms with Crippen molar-refractivity contribution in [2.75, 3.05) is 52.5 Å². The topological polar surface area (TPSA) is 42.2 Å². The zero-order valence-corrected chi connectivity index (χ0v) is 16.6. The summed E-state index contributed by atoms with van der Waals surface area (Å²) in [6, 6.07) is 8.98. The van der Waals surface area contributed by atoms with Gasteiger partial charge in [-0.2, -0.15) is 0 Å². The molecule has 2 aliphatic rings. The fourth-order valence-electron chi connectivity index (χ4n) is 3.81. The van der Waals surface area contributed by atoms with E-state index in [2.05, 4.69) is 34.9 Å². The second kappa shape index (κ2) is 10.8. The molecule has 2 aliphatic heterocycles. The summed E-state index contributed by atoms with van der Waals surface area (Å²) in [5.41, 5.74) is 2.73. The fraction of sp³-hybridized carbons (Fsp3) is 0.650. The van der Waals surface area contributed by atoms with E-state index in [4.69, 9.17) is 17.0 Å². The molecule has 1 aromatic rings. The van der Waals surface area contributed by atoms with Gasteiger partial charge < -0.3 is 25.2 Å². The van der Waals surface area contributed by atoms with Crippen LogP contribution in [0.3, 0.4) is 0 Å². The van der Waals surface area contributed by atoms with E-state index in [0.717, 1.165) is 50.9 Å². The summed E-state index contributed by atoms with van der Waals surface area (Å²) in [5, 5.41) is 7.40. The lowest BCUT2D eigenvalue weighted by atomic mass is 10.1. The molecule has 0 bridgehead atoms. The van der Waals surface area contributed by atoms with E-state index in [-0.39, 0.29) is 0 Å². The molecule has 2 heterocycles. The van der Waals surface area contributed by atoms with E-state index in [9.17, 15) is 0 Å². The monoisotopic (exact) mass is 378 g/mol. The van der Waals surface area contributed by atoms with Gasteiger partial charge >= 0.3 is 0 Å². The highest BCUT2D eigenvalue weighted by molar-refractivity contribution is 7.80. The molecule has 144 valence electrons. The molecule has 3 rings (SSSR count). The minimum absolute atomic E-state index is 0.757. The van der Waals surface area contributed by atoms with Crippen LogP contribution in [-0.4, -0.2) is 57.6 Å². The largest absolute Gasteiger partial charge is 0.370 e. The number of morpholine rings is 1. The SMILES string of the molecule is S=C(NCCC[NH+]1CCOCC1)NCc1ccc(C[NH+]2CCCC2)cc1. The summed E-state index contributed by atoms with van der Waals surface area (Å²) >= 11 is 5.39. The normalized spacial score (nSPS) is 18.8. The third-order valence-corrected chi connectivity index (χ3v) is 5.72. The molecular formula is C20H34N4OS+2. The van der Waals surface area contributed by atoms with E-state index < -0.39 is 0 Å². The Labute approximate surface area is 163 Å². The molecular weight excluding hydrogens is 344 g/mol. The third-order valence-electron chi connectivity index (χ3n) is 5.43. The van der Waals surface area contributed by atoms with Crippen molar-refractivity contribution < 1.29 is 14.5 Å². The Morgan fingerprint density at radius 2 is 1.62 bits per heavy atom. The van der Waals surface area contributed by atoms with Gasteiger partial charge in [-0.05, 0) is 17.8 Å². The number of hydrogen-bond donors (Lipinski definition) is 4. The van der Waals surface area contributed by atoms with Crippen LogP contribution >= 0.6 is 12.2 Å².